The molecule has 4 rings (SSSR count). The highest BCUT2D eigenvalue weighted by Gasteiger charge is 2.13. The van der Waals surface area contributed by atoms with Crippen LogP contribution in [0.3, 0.4) is 0 Å². The monoisotopic (exact) mass is 369 g/mol. The lowest BCUT2D eigenvalue weighted by Gasteiger charge is -2.02. The van der Waals surface area contributed by atoms with Crippen LogP contribution in [0.1, 0.15) is 11.3 Å². The first-order valence-corrected chi connectivity index (χ1v) is 8.79. The van der Waals surface area contributed by atoms with Gasteiger partial charge in [0.15, 0.2) is 10.8 Å². The van der Waals surface area contributed by atoms with E-state index in [2.05, 4.69) is 4.98 Å². The third-order valence-corrected chi connectivity index (χ3v) is 4.77. The highest BCUT2D eigenvalue weighted by molar-refractivity contribution is 7.13. The zero-order valence-electron chi connectivity index (χ0n) is 13.9. The zero-order chi connectivity index (χ0) is 17.9. The van der Waals surface area contributed by atoms with Gasteiger partial charge < -0.3 is 18.3 Å². The molecule has 0 unspecified atom stereocenters. The largest absolute Gasteiger partial charge is 0.497 e. The van der Waals surface area contributed by atoms with E-state index in [1.807, 2.05) is 23.6 Å². The molecule has 26 heavy (non-hydrogen) atoms. The molecule has 0 aliphatic rings. The minimum Gasteiger partial charge on any atom is -0.497 e. The summed E-state index contributed by atoms with van der Waals surface area (Å²) in [6.07, 6.45) is 3.30. The van der Waals surface area contributed by atoms with Gasteiger partial charge >= 0.3 is 5.97 Å². The molecule has 0 amide bonds. The quantitative estimate of drug-likeness (QED) is 0.468. The Bertz CT molecular complexity index is 1030. The van der Waals surface area contributed by atoms with Crippen molar-refractivity contribution in [3.63, 3.8) is 0 Å². The summed E-state index contributed by atoms with van der Waals surface area (Å²) in [5.41, 5.74) is 2.15. The number of carbonyl (C=O) groups excluding carboxylic acids is 1. The second-order valence-corrected chi connectivity index (χ2v) is 6.44. The molecule has 0 saturated carbocycles. The van der Waals surface area contributed by atoms with Gasteiger partial charge in [-0.25, -0.2) is 4.98 Å². The first-order valence-electron chi connectivity index (χ1n) is 7.91. The Labute approximate surface area is 153 Å². The van der Waals surface area contributed by atoms with Gasteiger partial charge in [-0.2, -0.15) is 0 Å². The van der Waals surface area contributed by atoms with Gasteiger partial charge in [0.25, 0.3) is 0 Å². The smallest absolute Gasteiger partial charge is 0.310 e. The molecule has 0 N–H and O–H groups in total. The molecule has 0 fully saturated rings. The van der Waals surface area contributed by atoms with Crippen molar-refractivity contribution in [3.05, 3.63) is 59.5 Å². The van der Waals surface area contributed by atoms with E-state index in [4.69, 9.17) is 18.3 Å². The van der Waals surface area contributed by atoms with Crippen molar-refractivity contribution in [2.45, 2.75) is 13.0 Å². The number of methoxy groups -OCH3 is 1. The highest BCUT2D eigenvalue weighted by atomic mass is 32.1. The topological polar surface area (TPSA) is 74.7 Å². The molecule has 0 radical (unpaired) electrons. The van der Waals surface area contributed by atoms with E-state index >= 15 is 0 Å². The summed E-state index contributed by atoms with van der Waals surface area (Å²) in [5.74, 6) is 1.07. The average Bonchev–Trinajstić information content (AvgIpc) is 3.40. The fourth-order valence-electron chi connectivity index (χ4n) is 2.58. The summed E-state index contributed by atoms with van der Waals surface area (Å²) >= 11 is 1.45. The molecule has 0 bridgehead atoms. The van der Waals surface area contributed by atoms with Gasteiger partial charge in [-0.3, -0.25) is 4.79 Å². The van der Waals surface area contributed by atoms with Gasteiger partial charge in [-0.05, 0) is 24.3 Å². The number of hydrogen-bond acceptors (Lipinski definition) is 7. The van der Waals surface area contributed by atoms with Gasteiger partial charge in [0, 0.05) is 22.4 Å². The van der Waals surface area contributed by atoms with Crippen LogP contribution in [0.4, 0.5) is 0 Å². The van der Waals surface area contributed by atoms with Crippen molar-refractivity contribution < 1.29 is 23.1 Å². The summed E-state index contributed by atoms with van der Waals surface area (Å²) in [6, 6.07) is 9.14. The van der Waals surface area contributed by atoms with Crippen LogP contribution in [0, 0.1) is 0 Å². The molecule has 1 aromatic carbocycles. The second-order valence-electron chi connectivity index (χ2n) is 5.58. The third-order valence-electron chi connectivity index (χ3n) is 3.86. The Morgan fingerprint density at radius 1 is 1.27 bits per heavy atom. The Morgan fingerprint density at radius 2 is 2.19 bits per heavy atom. The maximum Gasteiger partial charge on any atom is 0.310 e. The lowest BCUT2D eigenvalue weighted by atomic mass is 10.1. The Balaban J connectivity index is 1.38. The number of furan rings is 2. The van der Waals surface area contributed by atoms with E-state index in [-0.39, 0.29) is 19.0 Å². The SMILES string of the molecule is COc1ccc2c(CC(=O)OCc3csc(-c4ccco4)n3)coc2c1. The van der Waals surface area contributed by atoms with Crippen molar-refractivity contribution in [1.82, 2.24) is 4.98 Å². The fraction of sp³-hybridized carbons (Fsp3) is 0.158. The van der Waals surface area contributed by atoms with Gasteiger partial charge in [0.2, 0.25) is 0 Å². The lowest BCUT2D eigenvalue weighted by molar-refractivity contribution is -0.144. The summed E-state index contributed by atoms with van der Waals surface area (Å²) in [4.78, 5) is 16.6. The summed E-state index contributed by atoms with van der Waals surface area (Å²) in [5, 5.41) is 3.48. The first-order chi connectivity index (χ1) is 12.7. The van der Waals surface area contributed by atoms with Crippen LogP contribution in [-0.4, -0.2) is 18.1 Å². The molecule has 6 nitrogen and oxygen atoms in total. The molecule has 0 saturated heterocycles. The number of fused-ring (bicyclic) bond motifs is 1. The van der Waals surface area contributed by atoms with Crippen molar-refractivity contribution in [2.75, 3.05) is 7.11 Å². The molecular weight excluding hydrogens is 354 g/mol. The number of nitrogens with zero attached hydrogens (tertiary/aromatic N) is 1. The molecule has 132 valence electrons. The summed E-state index contributed by atoms with van der Waals surface area (Å²) < 4.78 is 21.3. The maximum atomic E-state index is 12.2. The standard InChI is InChI=1S/C19H15NO5S/c1-22-14-4-5-15-12(9-24-17(15)8-14)7-18(21)25-10-13-11-26-19(20-13)16-3-2-6-23-16/h2-6,8-9,11H,7,10H2,1H3. The number of rotatable bonds is 6. The Hall–Kier alpha value is -3.06. The van der Waals surface area contributed by atoms with Crippen molar-refractivity contribution in [1.29, 1.82) is 0 Å². The first kappa shape index (κ1) is 16.4. The Kier molecular flexibility index (Phi) is 4.45. The van der Waals surface area contributed by atoms with Crippen molar-refractivity contribution in [3.8, 4) is 16.5 Å². The van der Waals surface area contributed by atoms with Crippen LogP contribution in [0.5, 0.6) is 5.75 Å². The molecule has 0 spiro atoms. The number of thiazole rings is 1. The molecule has 0 aliphatic carbocycles. The van der Waals surface area contributed by atoms with E-state index in [0.29, 0.717) is 22.8 Å². The molecule has 3 heterocycles. The lowest BCUT2D eigenvalue weighted by Crippen LogP contribution is -2.07. The minimum atomic E-state index is -0.337. The summed E-state index contributed by atoms with van der Waals surface area (Å²) in [6.45, 7) is 0.125. The van der Waals surface area contributed by atoms with Crippen LogP contribution in [-0.2, 0) is 22.6 Å². The normalized spacial score (nSPS) is 11.0. The van der Waals surface area contributed by atoms with Gasteiger partial charge in [-0.15, -0.1) is 11.3 Å². The Morgan fingerprint density at radius 3 is 3.00 bits per heavy atom. The molecule has 0 atom stereocenters. The van der Waals surface area contributed by atoms with Crippen LogP contribution in [0.15, 0.2) is 57.1 Å². The fourth-order valence-corrected chi connectivity index (χ4v) is 3.35. The predicted molar refractivity (Wildman–Crippen MR) is 96.1 cm³/mol. The summed E-state index contributed by atoms with van der Waals surface area (Å²) in [7, 11) is 1.60. The number of aromatic nitrogens is 1. The van der Waals surface area contributed by atoms with E-state index in [0.717, 1.165) is 16.0 Å². The van der Waals surface area contributed by atoms with Gasteiger partial charge in [0.1, 0.15) is 17.9 Å². The number of carbonyl (C=O) groups is 1. The molecular formula is C19H15NO5S. The van der Waals surface area contributed by atoms with Crippen LogP contribution >= 0.6 is 11.3 Å². The van der Waals surface area contributed by atoms with Crippen LogP contribution < -0.4 is 4.74 Å². The highest BCUT2D eigenvalue weighted by Crippen LogP contribution is 2.27. The molecule has 7 heteroatoms. The third kappa shape index (κ3) is 3.34. The van der Waals surface area contributed by atoms with Gasteiger partial charge in [-0.1, -0.05) is 0 Å². The zero-order valence-corrected chi connectivity index (χ0v) is 14.7. The average molecular weight is 369 g/mol. The van der Waals surface area contributed by atoms with E-state index in [1.54, 1.807) is 31.8 Å². The molecule has 4 aromatic rings. The van der Waals surface area contributed by atoms with Crippen LogP contribution in [0.25, 0.3) is 21.7 Å². The predicted octanol–water partition coefficient (Wildman–Crippen LogP) is 4.44. The number of esters is 1. The second kappa shape index (κ2) is 7.05. The van der Waals surface area contributed by atoms with Crippen molar-refractivity contribution in [2.24, 2.45) is 0 Å². The van der Waals surface area contributed by atoms with Crippen molar-refractivity contribution >= 4 is 28.3 Å². The molecule has 0 aliphatic heterocycles. The number of hydrogen-bond donors (Lipinski definition) is 0. The number of benzene rings is 1. The maximum absolute atomic E-state index is 12.2. The minimum absolute atomic E-state index is 0.125. The van der Waals surface area contributed by atoms with Crippen LogP contribution in [0.2, 0.25) is 0 Å². The van der Waals surface area contributed by atoms with E-state index < -0.39 is 0 Å². The van der Waals surface area contributed by atoms with E-state index in [9.17, 15) is 4.79 Å². The molecule has 3 aromatic heterocycles. The number of ether oxygens (including phenoxy) is 2. The van der Waals surface area contributed by atoms with Gasteiger partial charge in [0.05, 0.1) is 31.8 Å². The van der Waals surface area contributed by atoms with E-state index in [1.165, 1.54) is 11.3 Å².